The molecular weight excluding hydrogens is 596 g/mol. The maximum absolute atomic E-state index is 11.9. The third kappa shape index (κ3) is 14.2. The zero-order valence-electron chi connectivity index (χ0n) is 27.1. The molecule has 0 heterocycles. The molecule has 0 atom stereocenters. The smallest absolute Gasteiger partial charge is 0.333 e. The molecule has 3 aromatic rings. The summed E-state index contributed by atoms with van der Waals surface area (Å²) in [4.78, 5) is 34.6. The van der Waals surface area contributed by atoms with Crippen molar-refractivity contribution in [3.63, 3.8) is 0 Å². The van der Waals surface area contributed by atoms with Crippen molar-refractivity contribution in [3.8, 4) is 22.6 Å². The van der Waals surface area contributed by atoms with Crippen LogP contribution in [0.2, 0.25) is 0 Å². The Bertz CT molecular complexity index is 1450. The van der Waals surface area contributed by atoms with Crippen LogP contribution in [0.15, 0.2) is 97.6 Å². The lowest BCUT2D eigenvalue weighted by Gasteiger charge is -2.08. The van der Waals surface area contributed by atoms with E-state index in [1.54, 1.807) is 0 Å². The first-order chi connectivity index (χ1) is 22.9. The maximum atomic E-state index is 11.9. The topological polar surface area (TPSA) is 97.4 Å². The average Bonchev–Trinajstić information content (AvgIpc) is 3.10. The highest BCUT2D eigenvalue weighted by molar-refractivity contribution is 5.93. The van der Waals surface area contributed by atoms with Crippen LogP contribution in [-0.4, -0.2) is 50.9 Å². The second-order valence-corrected chi connectivity index (χ2v) is 10.7. The number of hydrogen-bond donors (Lipinski definition) is 0. The molecule has 0 saturated carbocycles. The molecule has 0 saturated heterocycles. The molecule has 0 spiro atoms. The van der Waals surface area contributed by atoms with Gasteiger partial charge < -0.3 is 23.7 Å². The largest absolute Gasteiger partial charge is 0.494 e. The molecule has 0 aliphatic rings. The quantitative estimate of drug-likeness (QED) is 0.0380. The maximum Gasteiger partial charge on any atom is 0.333 e. The Morgan fingerprint density at radius 3 is 1.74 bits per heavy atom. The highest BCUT2D eigenvalue weighted by atomic mass is 16.6. The summed E-state index contributed by atoms with van der Waals surface area (Å²) in [6, 6.07) is 24.1. The second-order valence-electron chi connectivity index (χ2n) is 10.7. The van der Waals surface area contributed by atoms with Gasteiger partial charge in [0.2, 0.25) is 0 Å². The second kappa shape index (κ2) is 20.8. The summed E-state index contributed by atoms with van der Waals surface area (Å²) in [6.45, 7) is 10.6. The van der Waals surface area contributed by atoms with Crippen molar-refractivity contribution in [2.24, 2.45) is 0 Å². The minimum atomic E-state index is -0.549. The van der Waals surface area contributed by atoms with Gasteiger partial charge in [0.05, 0.1) is 26.2 Å². The third-order valence-electron chi connectivity index (χ3n) is 6.86. The molecule has 8 nitrogen and oxygen atoms in total. The van der Waals surface area contributed by atoms with Crippen LogP contribution in [0.1, 0.15) is 56.6 Å². The van der Waals surface area contributed by atoms with E-state index in [0.29, 0.717) is 25.6 Å². The molecule has 47 heavy (non-hydrogen) atoms. The molecule has 0 N–H and O–H groups in total. The van der Waals surface area contributed by atoms with Crippen LogP contribution < -0.4 is 9.47 Å². The van der Waals surface area contributed by atoms with Gasteiger partial charge in [-0.15, -0.1) is 0 Å². The highest BCUT2D eigenvalue weighted by Gasteiger charge is 2.14. The first-order valence-electron chi connectivity index (χ1n) is 15.9. The van der Waals surface area contributed by atoms with Crippen LogP contribution in [0, 0.1) is 0 Å². The van der Waals surface area contributed by atoms with Crippen molar-refractivity contribution < 1.29 is 38.1 Å². The average molecular weight is 641 g/mol. The SMILES string of the molecule is C=CC(=O)OCCOc1ccc(-c2ccc(/C=C/c3ccc(OCCCCCCOC(=O)C(=C)CC(=O)OCCC)cc3)cc2)cc1. The van der Waals surface area contributed by atoms with Gasteiger partial charge in [0.1, 0.15) is 24.7 Å². The normalized spacial score (nSPS) is 10.7. The molecule has 0 radical (unpaired) electrons. The molecule has 0 amide bonds. The van der Waals surface area contributed by atoms with E-state index in [1.807, 2.05) is 55.5 Å². The van der Waals surface area contributed by atoms with E-state index in [-0.39, 0.29) is 25.2 Å². The number of ether oxygens (including phenoxy) is 5. The van der Waals surface area contributed by atoms with Crippen molar-refractivity contribution in [1.82, 2.24) is 0 Å². The summed E-state index contributed by atoms with van der Waals surface area (Å²) in [5.74, 6) is 0.0609. The fraction of sp³-hybridized carbons (Fsp3) is 0.308. The minimum Gasteiger partial charge on any atom is -0.494 e. The predicted octanol–water partition coefficient (Wildman–Crippen LogP) is 8.01. The molecule has 0 aromatic heterocycles. The van der Waals surface area contributed by atoms with Gasteiger partial charge in [-0.05, 0) is 78.6 Å². The fourth-order valence-electron chi connectivity index (χ4n) is 4.29. The molecule has 0 fully saturated rings. The summed E-state index contributed by atoms with van der Waals surface area (Å²) in [6.07, 6.45) is 9.36. The monoisotopic (exact) mass is 640 g/mol. The number of esters is 3. The number of hydrogen-bond acceptors (Lipinski definition) is 8. The van der Waals surface area contributed by atoms with Crippen molar-refractivity contribution in [1.29, 1.82) is 0 Å². The van der Waals surface area contributed by atoms with Crippen LogP contribution in [0.3, 0.4) is 0 Å². The van der Waals surface area contributed by atoms with Gasteiger partial charge in [0.25, 0.3) is 0 Å². The minimum absolute atomic E-state index is 0.116. The van der Waals surface area contributed by atoms with E-state index < -0.39 is 17.9 Å². The summed E-state index contributed by atoms with van der Waals surface area (Å²) in [5, 5.41) is 0. The van der Waals surface area contributed by atoms with E-state index in [1.165, 1.54) is 0 Å². The van der Waals surface area contributed by atoms with Gasteiger partial charge in [-0.2, -0.15) is 0 Å². The van der Waals surface area contributed by atoms with E-state index in [9.17, 15) is 14.4 Å². The molecule has 8 heteroatoms. The van der Waals surface area contributed by atoms with Crippen molar-refractivity contribution >= 4 is 30.1 Å². The Morgan fingerprint density at radius 2 is 1.15 bits per heavy atom. The standard InChI is InChI=1S/C39H44O8/c1-4-24-45-38(41)29-30(3)39(42)47-26-9-7-6-8-25-43-35-20-14-32(15-21-35)11-10-31-12-16-33(17-13-31)34-18-22-36(23-19-34)44-27-28-46-37(40)5-2/h5,10-23H,2-4,6-9,24-29H2,1H3/b11-10+. The van der Waals surface area contributed by atoms with Gasteiger partial charge in [-0.1, -0.05) is 80.8 Å². The van der Waals surface area contributed by atoms with Gasteiger partial charge in [-0.25, -0.2) is 9.59 Å². The molecule has 3 aromatic carbocycles. The summed E-state index contributed by atoms with van der Waals surface area (Å²) < 4.78 is 26.5. The lowest BCUT2D eigenvalue weighted by molar-refractivity contribution is -0.146. The third-order valence-corrected chi connectivity index (χ3v) is 6.86. The van der Waals surface area contributed by atoms with E-state index in [2.05, 4.69) is 49.6 Å². The Morgan fingerprint density at radius 1 is 0.617 bits per heavy atom. The fourth-order valence-corrected chi connectivity index (χ4v) is 4.29. The summed E-state index contributed by atoms with van der Waals surface area (Å²) in [7, 11) is 0. The van der Waals surface area contributed by atoms with Gasteiger partial charge >= 0.3 is 17.9 Å². The van der Waals surface area contributed by atoms with Crippen LogP contribution in [0.25, 0.3) is 23.3 Å². The number of benzene rings is 3. The van der Waals surface area contributed by atoms with Gasteiger partial charge in [-0.3, -0.25) is 4.79 Å². The van der Waals surface area contributed by atoms with E-state index >= 15 is 0 Å². The molecule has 0 aliphatic heterocycles. The molecule has 0 unspecified atom stereocenters. The van der Waals surface area contributed by atoms with Crippen LogP contribution in [0.5, 0.6) is 11.5 Å². The predicted molar refractivity (Wildman–Crippen MR) is 184 cm³/mol. The van der Waals surface area contributed by atoms with Crippen molar-refractivity contribution in [2.75, 3.05) is 33.0 Å². The first-order valence-corrected chi connectivity index (χ1v) is 15.9. The van der Waals surface area contributed by atoms with Gasteiger partial charge in [0, 0.05) is 11.6 Å². The molecule has 3 rings (SSSR count). The summed E-state index contributed by atoms with van der Waals surface area (Å²) in [5.41, 5.74) is 4.46. The Kier molecular flexibility index (Phi) is 16.1. The molecular formula is C39H44O8. The Balaban J connectivity index is 1.29. The number of rotatable bonds is 21. The molecule has 248 valence electrons. The first kappa shape index (κ1) is 36.4. The Labute approximate surface area is 277 Å². The summed E-state index contributed by atoms with van der Waals surface area (Å²) >= 11 is 0. The lowest BCUT2D eigenvalue weighted by Crippen LogP contribution is -2.13. The van der Waals surface area contributed by atoms with Crippen molar-refractivity contribution in [3.05, 3.63) is 109 Å². The zero-order chi connectivity index (χ0) is 33.7. The van der Waals surface area contributed by atoms with Crippen LogP contribution in [0.4, 0.5) is 0 Å². The van der Waals surface area contributed by atoms with Crippen LogP contribution >= 0.6 is 0 Å². The van der Waals surface area contributed by atoms with Crippen LogP contribution in [-0.2, 0) is 28.6 Å². The number of unbranched alkanes of at least 4 members (excludes halogenated alkanes) is 3. The van der Waals surface area contributed by atoms with Crippen molar-refractivity contribution in [2.45, 2.75) is 45.4 Å². The van der Waals surface area contributed by atoms with E-state index in [4.69, 9.17) is 23.7 Å². The zero-order valence-corrected chi connectivity index (χ0v) is 27.1. The van der Waals surface area contributed by atoms with Gasteiger partial charge in [0.15, 0.2) is 0 Å². The van der Waals surface area contributed by atoms with E-state index in [0.717, 1.165) is 66.2 Å². The number of carbonyl (C=O) groups is 3. The molecule has 0 bridgehead atoms. The number of carbonyl (C=O) groups excluding carboxylic acids is 3. The lowest BCUT2D eigenvalue weighted by atomic mass is 10.0. The molecule has 0 aliphatic carbocycles. The highest BCUT2D eigenvalue weighted by Crippen LogP contribution is 2.24. The Hall–Kier alpha value is -5.11.